The second-order valence-corrected chi connectivity index (χ2v) is 5.07. The van der Waals surface area contributed by atoms with Gasteiger partial charge in [-0.1, -0.05) is 13.8 Å². The molecular formula is C14H18O2. The first-order valence-electron chi connectivity index (χ1n) is 5.81. The molecule has 0 spiro atoms. The van der Waals surface area contributed by atoms with E-state index in [1.807, 2.05) is 31.2 Å². The largest absolute Gasteiger partial charge is 0.494 e. The van der Waals surface area contributed by atoms with Gasteiger partial charge in [0.05, 0.1) is 6.61 Å². The average Bonchev–Trinajstić information content (AvgIpc) is 2.88. The van der Waals surface area contributed by atoms with Crippen LogP contribution in [0.3, 0.4) is 0 Å². The molecule has 1 unspecified atom stereocenters. The lowest BCUT2D eigenvalue weighted by molar-refractivity contribution is 0.0953. The number of hydrogen-bond acceptors (Lipinski definition) is 2. The second-order valence-electron chi connectivity index (χ2n) is 5.07. The quantitative estimate of drug-likeness (QED) is 0.725. The maximum Gasteiger partial charge on any atom is 0.166 e. The third kappa shape index (κ3) is 2.11. The fourth-order valence-corrected chi connectivity index (χ4v) is 2.00. The highest BCUT2D eigenvalue weighted by atomic mass is 16.5. The zero-order chi connectivity index (χ0) is 11.8. The summed E-state index contributed by atoms with van der Waals surface area (Å²) in [6, 6.07) is 7.46. The first-order valence-corrected chi connectivity index (χ1v) is 5.81. The number of Topliss-reactive ketones (excluding diaryl/α,β-unsaturated/α-hetero) is 1. The Morgan fingerprint density at radius 2 is 1.94 bits per heavy atom. The molecule has 86 valence electrons. The molecule has 0 aliphatic heterocycles. The summed E-state index contributed by atoms with van der Waals surface area (Å²) in [6.07, 6.45) is 1.01. The molecule has 0 bridgehead atoms. The molecule has 0 saturated heterocycles. The van der Waals surface area contributed by atoms with Crippen molar-refractivity contribution >= 4 is 5.78 Å². The van der Waals surface area contributed by atoms with Crippen LogP contribution in [0.1, 0.15) is 37.6 Å². The van der Waals surface area contributed by atoms with Gasteiger partial charge in [-0.2, -0.15) is 0 Å². The molecule has 0 amide bonds. The number of ketones is 1. The minimum atomic E-state index is 0.204. The van der Waals surface area contributed by atoms with Gasteiger partial charge >= 0.3 is 0 Å². The van der Waals surface area contributed by atoms with Crippen LogP contribution in [0.15, 0.2) is 24.3 Å². The lowest BCUT2D eigenvalue weighted by atomic mass is 10.0. The summed E-state index contributed by atoms with van der Waals surface area (Å²) in [5.41, 5.74) is 1.01. The van der Waals surface area contributed by atoms with E-state index in [1.54, 1.807) is 0 Å². The molecule has 1 aliphatic rings. The maximum absolute atomic E-state index is 12.1. The van der Waals surface area contributed by atoms with Gasteiger partial charge in [-0.15, -0.1) is 0 Å². The van der Waals surface area contributed by atoms with E-state index < -0.39 is 0 Å². The SMILES string of the molecule is CCOc1ccc(C(=O)C2CC2(C)C)cc1. The molecule has 0 heterocycles. The Kier molecular flexibility index (Phi) is 2.75. The van der Waals surface area contributed by atoms with E-state index in [9.17, 15) is 4.79 Å². The van der Waals surface area contributed by atoms with E-state index in [0.29, 0.717) is 6.61 Å². The standard InChI is InChI=1S/C14H18O2/c1-4-16-11-7-5-10(6-8-11)13(15)12-9-14(12,2)3/h5-8,12H,4,9H2,1-3H3. The first-order chi connectivity index (χ1) is 7.54. The molecule has 2 heteroatoms. The van der Waals surface area contributed by atoms with Crippen molar-refractivity contribution in [2.24, 2.45) is 11.3 Å². The van der Waals surface area contributed by atoms with Crippen LogP contribution in [0, 0.1) is 11.3 Å². The first kappa shape index (κ1) is 11.2. The van der Waals surface area contributed by atoms with Crippen molar-refractivity contribution in [1.82, 2.24) is 0 Å². The van der Waals surface area contributed by atoms with Crippen LogP contribution < -0.4 is 4.74 Å². The molecule has 0 N–H and O–H groups in total. The fraction of sp³-hybridized carbons (Fsp3) is 0.500. The third-order valence-corrected chi connectivity index (χ3v) is 3.28. The van der Waals surface area contributed by atoms with E-state index >= 15 is 0 Å². The van der Waals surface area contributed by atoms with Crippen LogP contribution in [0.25, 0.3) is 0 Å². The number of carbonyl (C=O) groups excluding carboxylic acids is 1. The van der Waals surface area contributed by atoms with E-state index in [1.165, 1.54) is 0 Å². The fourth-order valence-electron chi connectivity index (χ4n) is 2.00. The normalized spacial score (nSPS) is 21.6. The lowest BCUT2D eigenvalue weighted by Crippen LogP contribution is -2.06. The molecule has 0 radical (unpaired) electrons. The van der Waals surface area contributed by atoms with Crippen LogP contribution in [0.2, 0.25) is 0 Å². The predicted octanol–water partition coefficient (Wildman–Crippen LogP) is 3.31. The van der Waals surface area contributed by atoms with Gasteiger partial charge in [0.1, 0.15) is 5.75 Å². The highest BCUT2D eigenvalue weighted by molar-refractivity contribution is 6.00. The molecule has 1 aromatic rings. The van der Waals surface area contributed by atoms with Gasteiger partial charge in [-0.25, -0.2) is 0 Å². The Hall–Kier alpha value is -1.31. The Bertz CT molecular complexity index is 390. The zero-order valence-electron chi connectivity index (χ0n) is 10.1. The number of hydrogen-bond donors (Lipinski definition) is 0. The highest BCUT2D eigenvalue weighted by Crippen LogP contribution is 2.53. The van der Waals surface area contributed by atoms with Gasteiger partial charge in [-0.3, -0.25) is 4.79 Å². The van der Waals surface area contributed by atoms with E-state index in [2.05, 4.69) is 13.8 Å². The molecular weight excluding hydrogens is 200 g/mol. The summed E-state index contributed by atoms with van der Waals surface area (Å²) in [5, 5.41) is 0. The smallest absolute Gasteiger partial charge is 0.166 e. The molecule has 1 saturated carbocycles. The van der Waals surface area contributed by atoms with Gasteiger partial charge in [0.25, 0.3) is 0 Å². The summed E-state index contributed by atoms with van der Waals surface area (Å²) < 4.78 is 5.35. The Morgan fingerprint density at radius 1 is 1.38 bits per heavy atom. The number of ether oxygens (including phenoxy) is 1. The van der Waals surface area contributed by atoms with Crippen molar-refractivity contribution in [2.75, 3.05) is 6.61 Å². The molecule has 16 heavy (non-hydrogen) atoms. The molecule has 2 nitrogen and oxygen atoms in total. The highest BCUT2D eigenvalue weighted by Gasteiger charge is 2.50. The van der Waals surface area contributed by atoms with Gasteiger partial charge in [0, 0.05) is 11.5 Å². The molecule has 2 rings (SSSR count). The van der Waals surface area contributed by atoms with Crippen molar-refractivity contribution < 1.29 is 9.53 Å². The van der Waals surface area contributed by atoms with Crippen molar-refractivity contribution in [3.8, 4) is 5.75 Å². The Morgan fingerprint density at radius 3 is 2.38 bits per heavy atom. The summed E-state index contributed by atoms with van der Waals surface area (Å²) in [7, 11) is 0. The molecule has 1 aromatic carbocycles. The molecule has 1 aliphatic carbocycles. The van der Waals surface area contributed by atoms with Crippen molar-refractivity contribution in [1.29, 1.82) is 0 Å². The van der Waals surface area contributed by atoms with E-state index in [-0.39, 0.29) is 17.1 Å². The van der Waals surface area contributed by atoms with Crippen molar-refractivity contribution in [3.63, 3.8) is 0 Å². The predicted molar refractivity (Wildman–Crippen MR) is 63.8 cm³/mol. The number of benzene rings is 1. The number of rotatable bonds is 4. The van der Waals surface area contributed by atoms with Gasteiger partial charge in [-0.05, 0) is 43.0 Å². The van der Waals surface area contributed by atoms with Crippen LogP contribution in [-0.2, 0) is 0 Å². The van der Waals surface area contributed by atoms with Gasteiger partial charge in [0.15, 0.2) is 5.78 Å². The summed E-state index contributed by atoms with van der Waals surface area (Å²) in [5.74, 6) is 1.31. The average molecular weight is 218 g/mol. The second kappa shape index (κ2) is 3.93. The topological polar surface area (TPSA) is 26.3 Å². The number of carbonyl (C=O) groups is 1. The van der Waals surface area contributed by atoms with Crippen LogP contribution in [0.4, 0.5) is 0 Å². The van der Waals surface area contributed by atoms with Gasteiger partial charge in [0.2, 0.25) is 0 Å². The summed E-state index contributed by atoms with van der Waals surface area (Å²) >= 11 is 0. The van der Waals surface area contributed by atoms with Crippen molar-refractivity contribution in [3.05, 3.63) is 29.8 Å². The molecule has 0 aromatic heterocycles. The van der Waals surface area contributed by atoms with E-state index in [4.69, 9.17) is 4.74 Å². The minimum absolute atomic E-state index is 0.204. The van der Waals surface area contributed by atoms with Crippen LogP contribution in [0.5, 0.6) is 5.75 Å². The van der Waals surface area contributed by atoms with Crippen molar-refractivity contribution in [2.45, 2.75) is 27.2 Å². The monoisotopic (exact) mass is 218 g/mol. The Labute approximate surface area is 96.6 Å². The zero-order valence-corrected chi connectivity index (χ0v) is 10.1. The molecule has 1 atom stereocenters. The van der Waals surface area contributed by atoms with Crippen LogP contribution in [-0.4, -0.2) is 12.4 Å². The summed E-state index contributed by atoms with van der Waals surface area (Å²) in [4.78, 5) is 12.1. The lowest BCUT2D eigenvalue weighted by Gasteiger charge is -2.05. The maximum atomic E-state index is 12.1. The third-order valence-electron chi connectivity index (χ3n) is 3.28. The molecule has 1 fully saturated rings. The minimum Gasteiger partial charge on any atom is -0.494 e. The Balaban J connectivity index is 2.08. The van der Waals surface area contributed by atoms with Gasteiger partial charge < -0.3 is 4.74 Å². The van der Waals surface area contributed by atoms with Crippen LogP contribution >= 0.6 is 0 Å². The summed E-state index contributed by atoms with van der Waals surface area (Å²) in [6.45, 7) is 6.89. The van der Waals surface area contributed by atoms with E-state index in [0.717, 1.165) is 17.7 Å².